The molecule has 0 bridgehead atoms. The van der Waals surface area contributed by atoms with Gasteiger partial charge in [0.25, 0.3) is 0 Å². The Hall–Kier alpha value is -4.77. The van der Waals surface area contributed by atoms with Crippen molar-refractivity contribution in [1.82, 2.24) is 0 Å². The summed E-state index contributed by atoms with van der Waals surface area (Å²) in [4.78, 5) is 0. The van der Waals surface area contributed by atoms with Crippen LogP contribution >= 0.6 is 0 Å². The predicted molar refractivity (Wildman–Crippen MR) is 217 cm³/mol. The summed E-state index contributed by atoms with van der Waals surface area (Å²) in [6.45, 7) is 15.2. The Morgan fingerprint density at radius 2 is 0.792 bits per heavy atom. The van der Waals surface area contributed by atoms with Gasteiger partial charge >= 0.3 is 0 Å². The summed E-state index contributed by atoms with van der Waals surface area (Å²) in [5.74, 6) is 0. The van der Waals surface area contributed by atoms with E-state index in [9.17, 15) is 0 Å². The molecule has 0 spiro atoms. The van der Waals surface area contributed by atoms with Gasteiger partial charge in [-0.25, -0.2) is 0 Å². The van der Waals surface area contributed by atoms with Crippen LogP contribution in [0, 0.1) is 0 Å². The Bertz CT molecular complexity index is 2280. The highest BCUT2D eigenvalue weighted by Gasteiger charge is 2.35. The zero-order valence-electron chi connectivity index (χ0n) is 28.9. The molecule has 0 atom stereocenters. The van der Waals surface area contributed by atoms with E-state index in [1.165, 1.54) is 77.2 Å². The minimum Gasteiger partial charge on any atom is -0.0656 e. The van der Waals surface area contributed by atoms with Gasteiger partial charge in [-0.2, -0.15) is 0 Å². The summed E-state index contributed by atoms with van der Waals surface area (Å²) < 4.78 is 0. The van der Waals surface area contributed by atoms with Gasteiger partial charge in [0.15, 0.2) is 0 Å². The van der Waals surface area contributed by atoms with Crippen LogP contribution in [0.4, 0.5) is 0 Å². The van der Waals surface area contributed by atoms with E-state index in [0.717, 1.165) is 0 Å². The molecule has 0 unspecified atom stereocenters. The number of rotatable bonds is 6. The van der Waals surface area contributed by atoms with Crippen LogP contribution in [-0.2, 0) is 0 Å². The fraction of sp³-hybridized carbons (Fsp3) is 0.130. The van der Waals surface area contributed by atoms with E-state index in [1.54, 1.807) is 10.4 Å². The van der Waals surface area contributed by atoms with Crippen molar-refractivity contribution < 1.29 is 0 Å². The highest BCUT2D eigenvalue weighted by molar-refractivity contribution is 7.04. The van der Waals surface area contributed by atoms with Crippen LogP contribution in [0.15, 0.2) is 146 Å². The summed E-state index contributed by atoms with van der Waals surface area (Å²) >= 11 is 0. The number of hydrogen-bond donors (Lipinski definition) is 0. The average Bonchev–Trinajstić information content (AvgIpc) is 3.41. The lowest BCUT2D eigenvalue weighted by atomic mass is 9.82. The third-order valence-electron chi connectivity index (χ3n) is 10.0. The molecule has 0 nitrogen and oxygen atoms in total. The molecule has 0 amide bonds. The van der Waals surface area contributed by atoms with Crippen molar-refractivity contribution in [2.45, 2.75) is 39.3 Å². The molecular formula is C46H42Si2. The van der Waals surface area contributed by atoms with Crippen LogP contribution < -0.4 is 0 Å². The van der Waals surface area contributed by atoms with Crippen molar-refractivity contribution in [3.05, 3.63) is 157 Å². The molecule has 234 valence electrons. The highest BCUT2D eigenvalue weighted by atomic mass is 28.3. The average molecular weight is 651 g/mol. The van der Waals surface area contributed by atoms with Crippen molar-refractivity contribution in [1.29, 1.82) is 0 Å². The zero-order chi connectivity index (χ0) is 33.2. The number of hydrogen-bond acceptors (Lipinski definition) is 0. The van der Waals surface area contributed by atoms with Crippen molar-refractivity contribution in [2.24, 2.45) is 0 Å². The molecule has 2 heteroatoms. The summed E-state index contributed by atoms with van der Waals surface area (Å²) in [7, 11) is -3.62. The number of benzene rings is 7. The second kappa shape index (κ2) is 11.4. The number of fused-ring (bicyclic) bond motifs is 4. The highest BCUT2D eigenvalue weighted by Crippen LogP contribution is 2.58. The minimum atomic E-state index is -1.85. The van der Waals surface area contributed by atoms with Crippen LogP contribution in [0.1, 0.15) is 11.1 Å². The van der Waals surface area contributed by atoms with Gasteiger partial charge in [-0.05, 0) is 77.2 Å². The van der Waals surface area contributed by atoms with Gasteiger partial charge < -0.3 is 0 Å². The Balaban J connectivity index is 1.55. The fourth-order valence-corrected chi connectivity index (χ4v) is 14.4. The van der Waals surface area contributed by atoms with E-state index in [-0.39, 0.29) is 0 Å². The van der Waals surface area contributed by atoms with E-state index >= 15 is 0 Å². The van der Waals surface area contributed by atoms with Gasteiger partial charge in [-0.3, -0.25) is 0 Å². The molecule has 0 fully saturated rings. The first-order valence-corrected chi connectivity index (χ1v) is 24.2. The first-order valence-electron chi connectivity index (χ1n) is 17.2. The minimum absolute atomic E-state index is 1.27. The van der Waals surface area contributed by atoms with Crippen molar-refractivity contribution in [2.75, 3.05) is 0 Å². The monoisotopic (exact) mass is 650 g/mol. The Kier molecular flexibility index (Phi) is 7.28. The van der Waals surface area contributed by atoms with Gasteiger partial charge in [-0.1, -0.05) is 195 Å². The van der Waals surface area contributed by atoms with Gasteiger partial charge in [0.05, 0.1) is 16.1 Å². The third-order valence-corrected chi connectivity index (χ3v) is 14.3. The maximum absolute atomic E-state index is 2.54. The maximum atomic E-state index is 2.54. The summed E-state index contributed by atoms with van der Waals surface area (Å²) in [6, 6.07) is 54.4. The van der Waals surface area contributed by atoms with Crippen molar-refractivity contribution >= 4 is 48.1 Å². The maximum Gasteiger partial charge on any atom is 0.0782 e. The van der Waals surface area contributed by atoms with E-state index in [0.29, 0.717) is 0 Å². The molecule has 0 heterocycles. The summed E-state index contributed by atoms with van der Waals surface area (Å²) in [5.41, 5.74) is 13.5. The van der Waals surface area contributed by atoms with E-state index in [1.807, 2.05) is 0 Å². The molecule has 0 aromatic heterocycles. The standard InChI is InChI=1S/C46H42Si2/c1-47(2,3)45(33-23-14-9-15-24-33)46(48(4,5)6)37-29-30-39-42-36(37)27-18-28-38(42)43-40(31-19-10-7-11-20-31)34-25-16-17-26-35(34)41(44(39)43)32-21-12-8-13-22-32/h7-30H,1-6H3/b46-45+. The summed E-state index contributed by atoms with van der Waals surface area (Å²) in [6.07, 6.45) is 0. The van der Waals surface area contributed by atoms with Gasteiger partial charge in [0.2, 0.25) is 0 Å². The van der Waals surface area contributed by atoms with Crippen molar-refractivity contribution in [3.63, 3.8) is 0 Å². The normalized spacial score (nSPS) is 13.1. The van der Waals surface area contributed by atoms with E-state index < -0.39 is 16.1 Å². The van der Waals surface area contributed by atoms with Crippen LogP contribution in [0.5, 0.6) is 0 Å². The summed E-state index contributed by atoms with van der Waals surface area (Å²) in [5, 5.41) is 8.61. The molecule has 48 heavy (non-hydrogen) atoms. The molecule has 0 saturated carbocycles. The second-order valence-corrected chi connectivity index (χ2v) is 25.3. The van der Waals surface area contributed by atoms with Crippen LogP contribution in [0.3, 0.4) is 0 Å². The van der Waals surface area contributed by atoms with Crippen LogP contribution in [0.2, 0.25) is 39.3 Å². The van der Waals surface area contributed by atoms with E-state index in [2.05, 4.69) is 185 Å². The molecule has 7 aromatic carbocycles. The zero-order valence-corrected chi connectivity index (χ0v) is 30.9. The van der Waals surface area contributed by atoms with Crippen LogP contribution in [0.25, 0.3) is 76.4 Å². The molecule has 1 aliphatic rings. The first-order chi connectivity index (χ1) is 23.1. The molecule has 0 radical (unpaired) electrons. The van der Waals surface area contributed by atoms with Gasteiger partial charge in [0, 0.05) is 0 Å². The van der Waals surface area contributed by atoms with Crippen molar-refractivity contribution in [3.8, 4) is 44.5 Å². The Labute approximate surface area is 287 Å². The lowest BCUT2D eigenvalue weighted by molar-refractivity contribution is 1.60. The largest absolute Gasteiger partial charge is 0.0782 e. The van der Waals surface area contributed by atoms with Crippen LogP contribution in [-0.4, -0.2) is 16.1 Å². The Morgan fingerprint density at radius 1 is 0.354 bits per heavy atom. The predicted octanol–water partition coefficient (Wildman–Crippen LogP) is 13.6. The topological polar surface area (TPSA) is 0 Å². The SMILES string of the molecule is C[Si](C)(C)/C(=C(\c1ccc2c3c(cccc13)-c1c-2c(-c2ccccc2)c2ccccc2c1-c1ccccc1)[Si](C)(C)C)c1ccccc1. The quantitative estimate of drug-likeness (QED) is 0.124. The molecule has 8 rings (SSSR count). The smallest absolute Gasteiger partial charge is 0.0656 e. The third kappa shape index (κ3) is 4.86. The lowest BCUT2D eigenvalue weighted by Gasteiger charge is -2.33. The molecule has 0 saturated heterocycles. The fourth-order valence-electron chi connectivity index (χ4n) is 8.30. The first kappa shape index (κ1) is 30.6. The van der Waals surface area contributed by atoms with Gasteiger partial charge in [-0.15, -0.1) is 0 Å². The lowest BCUT2D eigenvalue weighted by Crippen LogP contribution is -2.32. The molecule has 7 aromatic rings. The second-order valence-electron chi connectivity index (χ2n) is 15.3. The molecule has 0 aliphatic heterocycles. The Morgan fingerprint density at radius 3 is 1.29 bits per heavy atom. The molecule has 0 N–H and O–H groups in total. The van der Waals surface area contributed by atoms with Gasteiger partial charge in [0.1, 0.15) is 0 Å². The molecule has 1 aliphatic carbocycles. The molecular weight excluding hydrogens is 609 g/mol. The van der Waals surface area contributed by atoms with E-state index in [4.69, 9.17) is 0 Å².